The van der Waals surface area contributed by atoms with Gasteiger partial charge in [0.25, 0.3) is 0 Å². The summed E-state index contributed by atoms with van der Waals surface area (Å²) in [5.41, 5.74) is 2.91. The van der Waals surface area contributed by atoms with Crippen molar-refractivity contribution in [2.45, 2.75) is 32.0 Å². The van der Waals surface area contributed by atoms with Gasteiger partial charge in [-0.3, -0.25) is 4.90 Å². The van der Waals surface area contributed by atoms with Crippen molar-refractivity contribution in [1.29, 1.82) is 0 Å². The maximum atomic E-state index is 13.6. The van der Waals surface area contributed by atoms with Crippen LogP contribution in [0.4, 0.5) is 18.9 Å². The average Bonchev–Trinajstić information content (AvgIpc) is 2.98. The highest BCUT2D eigenvalue weighted by molar-refractivity contribution is 8.00. The number of rotatable bonds is 14. The predicted molar refractivity (Wildman–Crippen MR) is 172 cm³/mol. The zero-order chi connectivity index (χ0) is 29.1. The van der Waals surface area contributed by atoms with E-state index in [1.165, 1.54) is 6.07 Å². The minimum absolute atomic E-state index is 0. The second-order valence-corrected chi connectivity index (χ2v) is 11.1. The van der Waals surface area contributed by atoms with Gasteiger partial charge in [0.05, 0.1) is 17.2 Å². The van der Waals surface area contributed by atoms with E-state index in [0.29, 0.717) is 31.7 Å². The fourth-order valence-corrected chi connectivity index (χ4v) is 5.44. The second-order valence-electron chi connectivity index (χ2n) is 9.65. The number of ether oxygens (including phenoxy) is 1. The van der Waals surface area contributed by atoms with Crippen LogP contribution in [0.25, 0.3) is 0 Å². The SMILES string of the molecule is CCSNc1cccc(OCCCN(Cc2cccc(C(F)(F)F)c2Cl)CC(c2ccccc2)c2ccccc2)c1.O.O. The first-order chi connectivity index (χ1) is 19.8. The minimum atomic E-state index is -4.51. The third-order valence-electron chi connectivity index (χ3n) is 6.68. The number of hydrogen-bond donors (Lipinski definition) is 1. The Balaban J connectivity index is 0.00000323. The molecule has 0 unspecified atom stereocenters. The largest absolute Gasteiger partial charge is 0.493 e. The number of nitrogens with zero attached hydrogens (tertiary/aromatic N) is 1. The van der Waals surface area contributed by atoms with E-state index in [-0.39, 0.29) is 28.4 Å². The molecule has 4 aromatic rings. The van der Waals surface area contributed by atoms with E-state index in [1.807, 2.05) is 60.7 Å². The van der Waals surface area contributed by atoms with E-state index in [1.54, 1.807) is 18.0 Å². The highest BCUT2D eigenvalue weighted by atomic mass is 35.5. The van der Waals surface area contributed by atoms with Gasteiger partial charge in [-0.05, 0) is 41.3 Å². The number of nitrogens with one attached hydrogen (secondary N) is 1. The molecule has 0 aliphatic heterocycles. The van der Waals surface area contributed by atoms with Gasteiger partial charge in [0.2, 0.25) is 0 Å². The molecule has 0 aromatic heterocycles. The van der Waals surface area contributed by atoms with Crippen molar-refractivity contribution in [1.82, 2.24) is 4.90 Å². The molecular formula is C33H38ClF3N2O3S. The Morgan fingerprint density at radius 2 is 1.49 bits per heavy atom. The van der Waals surface area contributed by atoms with Crippen LogP contribution in [0.1, 0.15) is 41.5 Å². The lowest BCUT2D eigenvalue weighted by Crippen LogP contribution is -2.31. The van der Waals surface area contributed by atoms with Crippen LogP contribution in [-0.2, 0) is 12.7 Å². The zero-order valence-electron chi connectivity index (χ0n) is 23.9. The minimum Gasteiger partial charge on any atom is -0.493 e. The van der Waals surface area contributed by atoms with Gasteiger partial charge in [-0.15, -0.1) is 0 Å². The summed E-state index contributed by atoms with van der Waals surface area (Å²) in [6.45, 7) is 4.06. The quantitative estimate of drug-likeness (QED) is 0.113. The Labute approximate surface area is 260 Å². The number of halogens is 4. The van der Waals surface area contributed by atoms with E-state index in [4.69, 9.17) is 16.3 Å². The van der Waals surface area contributed by atoms with Crippen LogP contribution in [0.15, 0.2) is 103 Å². The van der Waals surface area contributed by atoms with Gasteiger partial charge in [-0.2, -0.15) is 13.2 Å². The van der Waals surface area contributed by atoms with Gasteiger partial charge in [-0.1, -0.05) is 109 Å². The number of benzene rings is 4. The van der Waals surface area contributed by atoms with Gasteiger partial charge in [0.15, 0.2) is 0 Å². The molecule has 0 heterocycles. The van der Waals surface area contributed by atoms with Crippen LogP contribution >= 0.6 is 23.5 Å². The van der Waals surface area contributed by atoms with Crippen LogP contribution in [0.2, 0.25) is 5.02 Å². The van der Waals surface area contributed by atoms with Gasteiger partial charge in [0.1, 0.15) is 5.75 Å². The summed E-state index contributed by atoms with van der Waals surface area (Å²) in [5.74, 6) is 1.75. The average molecular weight is 635 g/mol. The first-order valence-corrected chi connectivity index (χ1v) is 15.0. The van der Waals surface area contributed by atoms with Gasteiger partial charge < -0.3 is 20.4 Å². The van der Waals surface area contributed by atoms with Crippen LogP contribution < -0.4 is 9.46 Å². The zero-order valence-corrected chi connectivity index (χ0v) is 25.5. The topological polar surface area (TPSA) is 87.5 Å². The molecule has 0 saturated heterocycles. The molecule has 5 nitrogen and oxygen atoms in total. The Kier molecular flexibility index (Phi) is 14.9. The van der Waals surface area contributed by atoms with Crippen molar-refractivity contribution in [2.75, 3.05) is 30.2 Å². The molecule has 0 spiro atoms. The van der Waals surface area contributed by atoms with Crippen molar-refractivity contribution >= 4 is 29.2 Å². The van der Waals surface area contributed by atoms with Crippen LogP contribution in [0.5, 0.6) is 5.75 Å². The lowest BCUT2D eigenvalue weighted by atomic mass is 9.90. The predicted octanol–water partition coefficient (Wildman–Crippen LogP) is 7.89. The molecule has 10 heteroatoms. The molecule has 43 heavy (non-hydrogen) atoms. The fourth-order valence-electron chi connectivity index (χ4n) is 4.71. The normalized spacial score (nSPS) is 11.1. The summed E-state index contributed by atoms with van der Waals surface area (Å²) >= 11 is 7.94. The molecule has 4 rings (SSSR count). The monoisotopic (exact) mass is 634 g/mol. The maximum Gasteiger partial charge on any atom is 0.417 e. The molecule has 0 fully saturated rings. The second kappa shape index (κ2) is 17.8. The molecule has 5 N–H and O–H groups in total. The highest BCUT2D eigenvalue weighted by Crippen LogP contribution is 2.37. The standard InChI is InChI=1S/C33H34ClF3N2OS.2H2O/c1-2-41-38-28-17-10-18-29(22-28)40-21-11-20-39(23-27-16-9-19-31(32(27)34)33(35,36)37)24-30(25-12-5-3-6-13-25)26-14-7-4-8-15-26;;/h3-10,12-19,22,30,38H,2,11,20-21,23-24H2,1H3;2*1H2. The molecule has 0 aliphatic carbocycles. The van der Waals surface area contributed by atoms with Crippen molar-refractivity contribution in [3.63, 3.8) is 0 Å². The summed E-state index contributed by atoms with van der Waals surface area (Å²) in [6, 6.07) is 32.3. The summed E-state index contributed by atoms with van der Waals surface area (Å²) in [7, 11) is 0. The Bertz CT molecular complexity index is 1330. The van der Waals surface area contributed by atoms with E-state index in [9.17, 15) is 13.2 Å². The first-order valence-electron chi connectivity index (χ1n) is 13.6. The van der Waals surface area contributed by atoms with Crippen LogP contribution in [-0.4, -0.2) is 41.3 Å². The fraction of sp³-hybridized carbons (Fsp3) is 0.273. The van der Waals surface area contributed by atoms with Crippen LogP contribution in [0, 0.1) is 0 Å². The molecule has 0 atom stereocenters. The maximum absolute atomic E-state index is 13.6. The van der Waals surface area contributed by atoms with Crippen molar-refractivity contribution < 1.29 is 28.9 Å². The Morgan fingerprint density at radius 1 is 0.860 bits per heavy atom. The Morgan fingerprint density at radius 3 is 2.09 bits per heavy atom. The summed E-state index contributed by atoms with van der Waals surface area (Å²) in [5, 5.41) is -0.244. The Hall–Kier alpha value is -3.21. The smallest absolute Gasteiger partial charge is 0.417 e. The third-order valence-corrected chi connectivity index (χ3v) is 7.79. The van der Waals surface area contributed by atoms with Crippen molar-refractivity contribution in [2.24, 2.45) is 0 Å². The molecule has 0 saturated carbocycles. The number of anilines is 1. The number of hydrogen-bond acceptors (Lipinski definition) is 4. The molecule has 0 amide bonds. The van der Waals surface area contributed by atoms with E-state index in [0.717, 1.165) is 34.4 Å². The summed E-state index contributed by atoms with van der Waals surface area (Å²) < 4.78 is 50.1. The van der Waals surface area contributed by atoms with E-state index < -0.39 is 11.7 Å². The van der Waals surface area contributed by atoms with E-state index >= 15 is 0 Å². The lowest BCUT2D eigenvalue weighted by molar-refractivity contribution is -0.137. The van der Waals surface area contributed by atoms with E-state index in [2.05, 4.69) is 40.8 Å². The molecule has 0 aliphatic rings. The first kappa shape index (κ1) is 36.0. The molecule has 0 bridgehead atoms. The van der Waals surface area contributed by atoms with Gasteiger partial charge >= 0.3 is 6.18 Å². The van der Waals surface area contributed by atoms with Crippen LogP contribution in [0.3, 0.4) is 0 Å². The summed E-state index contributed by atoms with van der Waals surface area (Å²) in [6.07, 6.45) is -3.82. The van der Waals surface area contributed by atoms with Gasteiger partial charge in [-0.25, -0.2) is 0 Å². The van der Waals surface area contributed by atoms with Gasteiger partial charge in [0, 0.05) is 43.1 Å². The highest BCUT2D eigenvalue weighted by Gasteiger charge is 2.34. The molecule has 232 valence electrons. The third kappa shape index (κ3) is 10.8. The number of alkyl halides is 3. The summed E-state index contributed by atoms with van der Waals surface area (Å²) in [4.78, 5) is 2.17. The van der Waals surface area contributed by atoms with Crippen molar-refractivity contribution in [3.8, 4) is 5.75 Å². The van der Waals surface area contributed by atoms with Crippen molar-refractivity contribution in [3.05, 3.63) is 130 Å². The molecule has 0 radical (unpaired) electrons. The molecule has 4 aromatic carbocycles. The molecular weight excluding hydrogens is 597 g/mol. The lowest BCUT2D eigenvalue weighted by Gasteiger charge is -2.29.